The Morgan fingerprint density at radius 1 is 1.10 bits per heavy atom. The first-order chi connectivity index (χ1) is 19.8. The Morgan fingerprint density at radius 2 is 1.88 bits per heavy atom. The number of likely N-dealkylation sites (N-methyl/N-ethyl adjacent to an activating group) is 1. The number of nitrogens with zero attached hydrogens (tertiary/aromatic N) is 6. The van der Waals surface area contributed by atoms with Crippen LogP contribution >= 0.6 is 11.3 Å². The van der Waals surface area contributed by atoms with Crippen LogP contribution in [0.5, 0.6) is 5.88 Å². The molecule has 0 unspecified atom stereocenters. The zero-order chi connectivity index (χ0) is 28.4. The van der Waals surface area contributed by atoms with Crippen LogP contribution in [-0.2, 0) is 26.1 Å². The molecule has 2 aliphatic rings. The standard InChI is InChI=1S/C27H27N7O5S2/c1-34-14-11-18(15-34)39-23-10-9-21-26(31-23)40-27(30-21)32-25(35)24(33-38-16-22-28-12-2-13-29-22)17-3-5-19(6-4-17)41(36,37)20-7-8-20/h2-6,9-10,12-13,18,20H,7-8,11,14-16H2,1H3,(H,30,32,35)/b33-24+/t18-/m0/s1. The molecule has 1 amide bonds. The van der Waals surface area contributed by atoms with E-state index < -0.39 is 15.7 Å². The van der Waals surface area contributed by atoms with Gasteiger partial charge in [-0.3, -0.25) is 10.1 Å². The number of hydrogen-bond donors (Lipinski definition) is 1. The Bertz CT molecular complexity index is 1690. The predicted octanol–water partition coefficient (Wildman–Crippen LogP) is 3.06. The van der Waals surface area contributed by atoms with Crippen molar-refractivity contribution in [1.29, 1.82) is 0 Å². The highest BCUT2D eigenvalue weighted by Gasteiger charge is 2.36. The number of oxime groups is 1. The fourth-order valence-corrected chi connectivity index (χ4v) is 6.88. The SMILES string of the molecule is CN1CC[C@H](Oc2ccc3nc(NC(=O)/C(=N/OCc4ncccn4)c4ccc(S(=O)(=O)C5CC5)cc4)sc3n2)C1. The largest absolute Gasteiger partial charge is 0.473 e. The fraction of sp³-hybridized carbons (Fsp3) is 0.333. The highest BCUT2D eigenvalue weighted by molar-refractivity contribution is 7.92. The van der Waals surface area contributed by atoms with Gasteiger partial charge in [-0.15, -0.1) is 0 Å². The lowest BCUT2D eigenvalue weighted by Crippen LogP contribution is -2.24. The molecule has 0 spiro atoms. The van der Waals surface area contributed by atoms with Gasteiger partial charge in [0.15, 0.2) is 33.1 Å². The monoisotopic (exact) mass is 593 g/mol. The number of rotatable bonds is 10. The van der Waals surface area contributed by atoms with Crippen LogP contribution in [0.2, 0.25) is 0 Å². The van der Waals surface area contributed by atoms with Crippen LogP contribution in [-0.4, -0.2) is 76.4 Å². The minimum Gasteiger partial charge on any atom is -0.473 e. The molecule has 4 aromatic rings. The van der Waals surface area contributed by atoms with Crippen molar-refractivity contribution < 1.29 is 22.8 Å². The van der Waals surface area contributed by atoms with Gasteiger partial charge in [0.25, 0.3) is 5.91 Å². The predicted molar refractivity (Wildman–Crippen MR) is 153 cm³/mol. The smallest absolute Gasteiger partial charge is 0.280 e. The van der Waals surface area contributed by atoms with Crippen molar-refractivity contribution >= 4 is 48.3 Å². The summed E-state index contributed by atoms with van der Waals surface area (Å²) in [6, 6.07) is 11.3. The first-order valence-electron chi connectivity index (χ1n) is 13.1. The van der Waals surface area contributed by atoms with Crippen molar-refractivity contribution in [2.24, 2.45) is 5.16 Å². The van der Waals surface area contributed by atoms with Crippen molar-refractivity contribution in [1.82, 2.24) is 24.8 Å². The molecule has 0 bridgehead atoms. The van der Waals surface area contributed by atoms with Crippen LogP contribution in [0.4, 0.5) is 5.13 Å². The molecule has 1 aliphatic carbocycles. The van der Waals surface area contributed by atoms with Crippen molar-refractivity contribution in [3.05, 3.63) is 66.2 Å². The van der Waals surface area contributed by atoms with Crippen molar-refractivity contribution in [2.45, 2.75) is 42.1 Å². The van der Waals surface area contributed by atoms with Crippen molar-refractivity contribution in [3.8, 4) is 5.88 Å². The van der Waals surface area contributed by atoms with Gasteiger partial charge in [0.2, 0.25) is 5.88 Å². The van der Waals surface area contributed by atoms with Crippen LogP contribution in [0.25, 0.3) is 10.3 Å². The third-order valence-corrected chi connectivity index (χ3v) is 9.85. The van der Waals surface area contributed by atoms with Gasteiger partial charge >= 0.3 is 0 Å². The minimum absolute atomic E-state index is 0.0575. The van der Waals surface area contributed by atoms with E-state index in [4.69, 9.17) is 9.57 Å². The van der Waals surface area contributed by atoms with Crippen molar-refractivity contribution in [3.63, 3.8) is 0 Å². The zero-order valence-electron chi connectivity index (χ0n) is 22.1. The van der Waals surface area contributed by atoms with Gasteiger partial charge in [-0.25, -0.2) is 28.4 Å². The fourth-order valence-electron chi connectivity index (χ4n) is 4.39. The zero-order valence-corrected chi connectivity index (χ0v) is 23.8. The van der Waals surface area contributed by atoms with Crippen LogP contribution in [0.15, 0.2) is 64.9 Å². The minimum atomic E-state index is -3.38. The highest BCUT2D eigenvalue weighted by atomic mass is 32.2. The van der Waals surface area contributed by atoms with E-state index in [1.807, 2.05) is 0 Å². The molecule has 4 heterocycles. The number of thiazole rings is 1. The number of ether oxygens (including phenoxy) is 1. The number of hydrogen-bond acceptors (Lipinski definition) is 12. The average molecular weight is 594 g/mol. The van der Waals surface area contributed by atoms with Crippen LogP contribution in [0.3, 0.4) is 0 Å². The first-order valence-corrected chi connectivity index (χ1v) is 15.5. The Kier molecular flexibility index (Phi) is 7.60. The second-order valence-corrected chi connectivity index (χ2v) is 13.1. The van der Waals surface area contributed by atoms with Gasteiger partial charge in [-0.2, -0.15) is 0 Å². The molecule has 1 saturated carbocycles. The van der Waals surface area contributed by atoms with E-state index in [0.717, 1.165) is 19.5 Å². The van der Waals surface area contributed by atoms with E-state index in [1.165, 1.54) is 23.5 Å². The number of likely N-dealkylation sites (tertiary alicyclic amines) is 1. The van der Waals surface area contributed by atoms with Crippen molar-refractivity contribution in [2.75, 3.05) is 25.5 Å². The molecule has 0 radical (unpaired) electrons. The Balaban J connectivity index is 1.21. The van der Waals surface area contributed by atoms with Gasteiger partial charge in [-0.05, 0) is 50.6 Å². The normalized spacial score (nSPS) is 18.0. The summed E-state index contributed by atoms with van der Waals surface area (Å²) >= 11 is 1.21. The van der Waals surface area contributed by atoms with E-state index in [9.17, 15) is 13.2 Å². The average Bonchev–Trinajstić information content (AvgIpc) is 3.65. The summed E-state index contributed by atoms with van der Waals surface area (Å²) < 4.78 is 31.3. The molecule has 2 fully saturated rings. The van der Waals surface area contributed by atoms with E-state index in [-0.39, 0.29) is 28.6 Å². The van der Waals surface area contributed by atoms with E-state index in [2.05, 4.69) is 42.4 Å². The quantitative estimate of drug-likeness (QED) is 0.215. The summed E-state index contributed by atoms with van der Waals surface area (Å²) in [5.41, 5.74) is 0.937. The molecule has 1 saturated heterocycles. The summed E-state index contributed by atoms with van der Waals surface area (Å²) in [5.74, 6) is 0.321. The van der Waals surface area contributed by atoms with Gasteiger partial charge in [0.1, 0.15) is 16.5 Å². The molecule has 1 aliphatic heterocycles. The maximum Gasteiger partial charge on any atom is 0.280 e. The van der Waals surface area contributed by atoms with Gasteiger partial charge in [0, 0.05) is 37.1 Å². The number of fused-ring (bicyclic) bond motifs is 1. The van der Waals surface area contributed by atoms with E-state index in [0.29, 0.717) is 45.6 Å². The topological polar surface area (TPSA) is 149 Å². The third kappa shape index (κ3) is 6.34. The van der Waals surface area contributed by atoms with E-state index >= 15 is 0 Å². The molecule has 1 aromatic carbocycles. The number of benzene rings is 1. The molecule has 212 valence electrons. The Morgan fingerprint density at radius 3 is 2.59 bits per heavy atom. The lowest BCUT2D eigenvalue weighted by Gasteiger charge is -2.12. The molecule has 14 heteroatoms. The number of anilines is 1. The van der Waals surface area contributed by atoms with Gasteiger partial charge in [0.05, 0.1) is 10.1 Å². The summed E-state index contributed by atoms with van der Waals surface area (Å²) in [7, 11) is -1.32. The van der Waals surface area contributed by atoms with E-state index in [1.54, 1.807) is 42.7 Å². The number of nitrogens with one attached hydrogen (secondary N) is 1. The summed E-state index contributed by atoms with van der Waals surface area (Å²) in [6.45, 7) is 1.77. The molecule has 1 atom stereocenters. The Labute approximate surface area is 240 Å². The van der Waals surface area contributed by atoms with Gasteiger partial charge < -0.3 is 14.5 Å². The number of sulfone groups is 1. The molecule has 41 heavy (non-hydrogen) atoms. The number of aromatic nitrogens is 4. The number of amides is 1. The Hall–Kier alpha value is -4.01. The molecule has 3 aromatic heterocycles. The maximum absolute atomic E-state index is 13.4. The maximum atomic E-state index is 13.4. The third-order valence-electron chi connectivity index (χ3n) is 6.69. The van der Waals surface area contributed by atoms with Crippen LogP contribution in [0.1, 0.15) is 30.7 Å². The van der Waals surface area contributed by atoms with Crippen LogP contribution < -0.4 is 10.1 Å². The lowest BCUT2D eigenvalue weighted by molar-refractivity contribution is -0.110. The first kappa shape index (κ1) is 27.2. The van der Waals surface area contributed by atoms with Crippen LogP contribution in [0, 0.1) is 0 Å². The molecule has 12 nitrogen and oxygen atoms in total. The number of pyridine rings is 1. The second-order valence-electron chi connectivity index (χ2n) is 9.88. The summed E-state index contributed by atoms with van der Waals surface area (Å²) in [4.78, 5) is 39.1. The molecular weight excluding hydrogens is 566 g/mol. The second kappa shape index (κ2) is 11.5. The summed E-state index contributed by atoms with van der Waals surface area (Å²) in [5, 5.41) is 6.82. The molecular formula is C27H27N7O5S2. The van der Waals surface area contributed by atoms with Gasteiger partial charge in [-0.1, -0.05) is 28.6 Å². The number of carbonyl (C=O) groups is 1. The number of carbonyl (C=O) groups excluding carboxylic acids is 1. The lowest BCUT2D eigenvalue weighted by atomic mass is 10.1. The molecule has 1 N–H and O–H groups in total. The highest BCUT2D eigenvalue weighted by Crippen LogP contribution is 2.33. The molecule has 6 rings (SSSR count). The summed E-state index contributed by atoms with van der Waals surface area (Å²) in [6.07, 6.45) is 5.50.